The molecule has 0 radical (unpaired) electrons. The summed E-state index contributed by atoms with van der Waals surface area (Å²) in [5.41, 5.74) is 7.67. The number of nitrogens with two attached hydrogens (primary N) is 1. The van der Waals surface area contributed by atoms with Crippen molar-refractivity contribution in [1.82, 2.24) is 19.8 Å². The van der Waals surface area contributed by atoms with Gasteiger partial charge in [0.15, 0.2) is 5.82 Å². The second-order valence-electron chi connectivity index (χ2n) is 9.45. The second-order valence-corrected chi connectivity index (χ2v) is 9.89. The van der Waals surface area contributed by atoms with Crippen LogP contribution in [0.5, 0.6) is 5.75 Å². The fourth-order valence-electron chi connectivity index (χ4n) is 5.27. The highest BCUT2D eigenvalue weighted by atomic mass is 35.5. The second kappa shape index (κ2) is 10.1. The Balaban J connectivity index is 1.26. The molecule has 186 valence electrons. The first-order chi connectivity index (χ1) is 16.9. The monoisotopic (exact) mass is 501 g/mol. The molecular formula is C25H29ClFN5O3. The Morgan fingerprint density at radius 3 is 2.57 bits per heavy atom. The van der Waals surface area contributed by atoms with E-state index in [2.05, 4.69) is 14.9 Å². The van der Waals surface area contributed by atoms with Gasteiger partial charge in [0.05, 0.1) is 29.8 Å². The lowest BCUT2D eigenvalue weighted by Gasteiger charge is -2.37. The van der Waals surface area contributed by atoms with Crippen molar-refractivity contribution in [2.45, 2.75) is 50.4 Å². The van der Waals surface area contributed by atoms with Gasteiger partial charge in [-0.1, -0.05) is 11.6 Å². The molecule has 5 rings (SSSR count). The summed E-state index contributed by atoms with van der Waals surface area (Å²) in [5.74, 6) is -0.0863. The highest BCUT2D eigenvalue weighted by Crippen LogP contribution is 2.31. The van der Waals surface area contributed by atoms with Crippen molar-refractivity contribution < 1.29 is 19.0 Å². The van der Waals surface area contributed by atoms with Gasteiger partial charge in [-0.15, -0.1) is 0 Å². The molecule has 1 aliphatic carbocycles. The molecule has 3 N–H and O–H groups in total. The number of rotatable bonds is 5. The molecule has 2 atom stereocenters. The Morgan fingerprint density at radius 1 is 1.14 bits per heavy atom. The first kappa shape index (κ1) is 24.0. The molecule has 0 unspecified atom stereocenters. The van der Waals surface area contributed by atoms with Crippen molar-refractivity contribution in [3.8, 4) is 5.75 Å². The van der Waals surface area contributed by atoms with Gasteiger partial charge in [-0.05, 0) is 44.2 Å². The van der Waals surface area contributed by atoms with E-state index in [1.54, 1.807) is 4.90 Å². The Kier molecular flexibility index (Phi) is 6.91. The molecule has 35 heavy (non-hydrogen) atoms. The van der Waals surface area contributed by atoms with Crippen molar-refractivity contribution in [2.75, 3.05) is 26.2 Å². The van der Waals surface area contributed by atoms with E-state index in [1.807, 2.05) is 0 Å². The third kappa shape index (κ3) is 5.12. The molecule has 8 nitrogen and oxygen atoms in total. The molecule has 0 bridgehead atoms. The number of hydrogen-bond acceptors (Lipinski definition) is 7. The molecule has 1 aromatic carbocycles. The predicted octanol–water partition coefficient (Wildman–Crippen LogP) is 2.85. The number of amides is 1. The Hall–Kier alpha value is -2.75. The third-order valence-electron chi connectivity index (χ3n) is 7.13. The fourth-order valence-corrected chi connectivity index (χ4v) is 5.37. The van der Waals surface area contributed by atoms with Crippen molar-refractivity contribution >= 4 is 23.1 Å². The Bertz CT molecular complexity index is 1120. The number of likely N-dealkylation sites (tertiary alicyclic amines) is 1. The average Bonchev–Trinajstić information content (AvgIpc) is 3.45. The van der Waals surface area contributed by atoms with E-state index in [4.69, 9.17) is 22.1 Å². The summed E-state index contributed by atoms with van der Waals surface area (Å²) >= 11 is 5.88. The smallest absolute Gasteiger partial charge is 0.258 e. The van der Waals surface area contributed by atoms with Crippen LogP contribution in [0, 0.1) is 5.82 Å². The van der Waals surface area contributed by atoms with Crippen LogP contribution in [0.1, 0.15) is 48.3 Å². The first-order valence-corrected chi connectivity index (χ1v) is 12.4. The summed E-state index contributed by atoms with van der Waals surface area (Å²) in [4.78, 5) is 25.7. The zero-order chi connectivity index (χ0) is 24.5. The lowest BCUT2D eigenvalue weighted by Crippen LogP contribution is -2.47. The molecule has 0 spiro atoms. The van der Waals surface area contributed by atoms with Crippen LogP contribution in [-0.4, -0.2) is 75.2 Å². The van der Waals surface area contributed by atoms with Gasteiger partial charge in [-0.25, -0.2) is 14.4 Å². The van der Waals surface area contributed by atoms with Crippen LogP contribution in [0.4, 0.5) is 4.39 Å². The molecule has 10 heteroatoms. The van der Waals surface area contributed by atoms with Gasteiger partial charge in [0.1, 0.15) is 17.7 Å². The highest BCUT2D eigenvalue weighted by molar-refractivity contribution is 6.30. The number of carbonyl (C=O) groups excluding carboxylic acids is 1. The maximum absolute atomic E-state index is 14.1. The molecule has 3 heterocycles. The van der Waals surface area contributed by atoms with Crippen LogP contribution in [0.15, 0.2) is 36.3 Å². The van der Waals surface area contributed by atoms with E-state index in [-0.39, 0.29) is 43.0 Å². The maximum atomic E-state index is 14.1. The zero-order valence-corrected chi connectivity index (χ0v) is 20.1. The van der Waals surface area contributed by atoms with E-state index in [0.717, 1.165) is 45.2 Å². The van der Waals surface area contributed by atoms with E-state index < -0.39 is 5.82 Å². The fraction of sp³-hybridized carbons (Fsp3) is 0.480. The van der Waals surface area contributed by atoms with Crippen LogP contribution in [-0.2, 0) is 0 Å². The summed E-state index contributed by atoms with van der Waals surface area (Å²) in [6, 6.07) is 4.22. The summed E-state index contributed by atoms with van der Waals surface area (Å²) < 4.78 is 20.3. The molecule has 3 aliphatic rings. The predicted molar refractivity (Wildman–Crippen MR) is 129 cm³/mol. The van der Waals surface area contributed by atoms with E-state index in [1.165, 1.54) is 30.6 Å². The number of benzene rings is 1. The molecule has 1 saturated carbocycles. The number of nitrogens with zero attached hydrogens (tertiary/aromatic N) is 4. The molecule has 1 aromatic heterocycles. The van der Waals surface area contributed by atoms with Crippen LogP contribution >= 0.6 is 11.6 Å². The number of carbonyl (C=O) groups is 1. The van der Waals surface area contributed by atoms with E-state index in [0.29, 0.717) is 27.7 Å². The van der Waals surface area contributed by atoms with Gasteiger partial charge < -0.3 is 20.5 Å². The molecule has 2 aliphatic heterocycles. The number of halogens is 2. The summed E-state index contributed by atoms with van der Waals surface area (Å²) in [6.07, 6.45) is 7.02. The minimum atomic E-state index is -0.461. The first-order valence-electron chi connectivity index (χ1n) is 12.0. The summed E-state index contributed by atoms with van der Waals surface area (Å²) in [7, 11) is 0. The lowest BCUT2D eigenvalue weighted by molar-refractivity contribution is 0.0280. The Labute approximate surface area is 208 Å². The number of ether oxygens (including phenoxy) is 1. The zero-order valence-electron chi connectivity index (χ0n) is 19.4. The van der Waals surface area contributed by atoms with E-state index >= 15 is 0 Å². The van der Waals surface area contributed by atoms with Crippen molar-refractivity contribution in [2.24, 2.45) is 5.73 Å². The van der Waals surface area contributed by atoms with Crippen LogP contribution in [0.2, 0.25) is 5.02 Å². The quantitative estimate of drug-likeness (QED) is 0.649. The van der Waals surface area contributed by atoms with Crippen molar-refractivity contribution in [1.29, 1.82) is 0 Å². The van der Waals surface area contributed by atoms with Gasteiger partial charge in [-0.2, -0.15) is 0 Å². The normalized spacial score (nSPS) is 23.8. The topological polar surface area (TPSA) is 105 Å². The highest BCUT2D eigenvalue weighted by Gasteiger charge is 2.34. The van der Waals surface area contributed by atoms with Crippen molar-refractivity contribution in [3.63, 3.8) is 0 Å². The van der Waals surface area contributed by atoms with Crippen LogP contribution in [0.25, 0.3) is 5.57 Å². The minimum absolute atomic E-state index is 0.127. The molecule has 2 fully saturated rings. The van der Waals surface area contributed by atoms with Gasteiger partial charge in [-0.3, -0.25) is 9.69 Å². The van der Waals surface area contributed by atoms with Gasteiger partial charge in [0.2, 0.25) is 0 Å². The lowest BCUT2D eigenvalue weighted by atomic mass is 10.0. The number of hydrogen-bond donors (Lipinski definition) is 2. The van der Waals surface area contributed by atoms with Crippen molar-refractivity contribution in [3.05, 3.63) is 58.5 Å². The Morgan fingerprint density at radius 2 is 1.89 bits per heavy atom. The van der Waals surface area contributed by atoms with Gasteiger partial charge in [0.25, 0.3) is 5.91 Å². The average molecular weight is 502 g/mol. The molecule has 1 amide bonds. The van der Waals surface area contributed by atoms with E-state index in [9.17, 15) is 14.3 Å². The maximum Gasteiger partial charge on any atom is 0.258 e. The van der Waals surface area contributed by atoms with Crippen LogP contribution < -0.4 is 10.5 Å². The number of aromatic nitrogens is 2. The van der Waals surface area contributed by atoms with Gasteiger partial charge >= 0.3 is 0 Å². The molecule has 1 saturated heterocycles. The summed E-state index contributed by atoms with van der Waals surface area (Å²) in [6.45, 7) is 2.08. The van der Waals surface area contributed by atoms with Gasteiger partial charge in [0, 0.05) is 48.9 Å². The SMILES string of the molecule is NC1=C(c2ncc(Cl)cn2)CN(C(=O)c2ccc(F)cc2OC2CCN([C@H]3CCC[C@@H]3O)CC2)C1. The number of piperidine rings is 1. The third-order valence-corrected chi connectivity index (χ3v) is 7.33. The number of aliphatic hydroxyl groups excluding tert-OH is 1. The largest absolute Gasteiger partial charge is 0.489 e. The summed E-state index contributed by atoms with van der Waals surface area (Å²) in [5, 5.41) is 10.6. The van der Waals surface area contributed by atoms with Crippen LogP contribution in [0.3, 0.4) is 0 Å². The molecular weight excluding hydrogens is 473 g/mol. The minimum Gasteiger partial charge on any atom is -0.489 e. The molecule has 2 aromatic rings. The standard InChI is InChI=1S/C25H29ClFN5O3/c26-15-11-29-24(30-12-15)19-13-32(14-20(19)28)25(34)18-5-4-16(27)10-23(18)35-17-6-8-31(9-7-17)21-2-1-3-22(21)33/h4-5,10-12,17,21-22,33H,1-3,6-9,13-14,28H2/t21-,22-/m0/s1. The number of aliphatic hydroxyl groups is 1.